The van der Waals surface area contributed by atoms with E-state index in [2.05, 4.69) is 5.32 Å². The van der Waals surface area contributed by atoms with Gasteiger partial charge in [-0.3, -0.25) is 14.4 Å². The minimum atomic E-state index is -4.47. The summed E-state index contributed by atoms with van der Waals surface area (Å²) in [6.07, 6.45) is -3.98. The fourth-order valence-electron chi connectivity index (χ4n) is 2.15. The zero-order valence-corrected chi connectivity index (χ0v) is 14.3. The molecule has 0 saturated carbocycles. The van der Waals surface area contributed by atoms with E-state index in [1.807, 2.05) is 6.92 Å². The third-order valence-electron chi connectivity index (χ3n) is 3.47. The van der Waals surface area contributed by atoms with Crippen molar-refractivity contribution in [2.24, 2.45) is 0 Å². The monoisotopic (exact) mass is 374 g/mol. The minimum Gasteiger partial charge on any atom is -0.480 e. The standard InChI is InChI=1S/C17H21F3N2O4/c1-2-9-21-14(23)7-8-15(24)22(11-16(25)26)10-12-3-5-13(6-4-12)17(18,19)20/h3-6H,2,7-11H2,1H3,(H,21,23)(H,25,26). The molecule has 144 valence electrons. The molecule has 2 N–H and O–H groups in total. The molecule has 0 unspecified atom stereocenters. The summed E-state index contributed by atoms with van der Waals surface area (Å²) in [5, 5.41) is 11.5. The molecule has 6 nitrogen and oxygen atoms in total. The van der Waals surface area contributed by atoms with Crippen LogP contribution in [0.3, 0.4) is 0 Å². The van der Waals surface area contributed by atoms with Crippen LogP contribution in [-0.4, -0.2) is 40.9 Å². The highest BCUT2D eigenvalue weighted by Crippen LogP contribution is 2.29. The Morgan fingerprint density at radius 3 is 2.23 bits per heavy atom. The summed E-state index contributed by atoms with van der Waals surface area (Å²) < 4.78 is 37.7. The lowest BCUT2D eigenvalue weighted by molar-refractivity contribution is -0.145. The predicted octanol–water partition coefficient (Wildman–Crippen LogP) is 2.43. The smallest absolute Gasteiger partial charge is 0.416 e. The Hall–Kier alpha value is -2.58. The maximum Gasteiger partial charge on any atom is 0.416 e. The Labute approximate surface area is 149 Å². The van der Waals surface area contributed by atoms with Crippen molar-refractivity contribution >= 4 is 17.8 Å². The average molecular weight is 374 g/mol. The van der Waals surface area contributed by atoms with Crippen molar-refractivity contribution in [2.75, 3.05) is 13.1 Å². The number of alkyl halides is 3. The molecule has 1 rings (SSSR count). The summed E-state index contributed by atoms with van der Waals surface area (Å²) in [5.41, 5.74) is -0.465. The van der Waals surface area contributed by atoms with Crippen LogP contribution in [0.1, 0.15) is 37.3 Å². The van der Waals surface area contributed by atoms with Gasteiger partial charge in [-0.25, -0.2) is 0 Å². The van der Waals surface area contributed by atoms with Crippen molar-refractivity contribution in [1.29, 1.82) is 0 Å². The third-order valence-corrected chi connectivity index (χ3v) is 3.47. The number of aliphatic carboxylic acids is 1. The van der Waals surface area contributed by atoms with Crippen molar-refractivity contribution in [3.8, 4) is 0 Å². The fourth-order valence-corrected chi connectivity index (χ4v) is 2.15. The van der Waals surface area contributed by atoms with Crippen LogP contribution in [-0.2, 0) is 27.1 Å². The topological polar surface area (TPSA) is 86.7 Å². The number of carbonyl (C=O) groups is 3. The summed E-state index contributed by atoms with van der Waals surface area (Å²) in [5.74, 6) is -2.12. The predicted molar refractivity (Wildman–Crippen MR) is 87.0 cm³/mol. The van der Waals surface area contributed by atoms with E-state index in [1.54, 1.807) is 0 Å². The molecule has 0 fully saturated rings. The van der Waals surface area contributed by atoms with Gasteiger partial charge in [0.05, 0.1) is 5.56 Å². The molecule has 0 heterocycles. The van der Waals surface area contributed by atoms with Crippen LogP contribution in [0.25, 0.3) is 0 Å². The van der Waals surface area contributed by atoms with Gasteiger partial charge in [-0.1, -0.05) is 19.1 Å². The van der Waals surface area contributed by atoms with Gasteiger partial charge in [-0.15, -0.1) is 0 Å². The van der Waals surface area contributed by atoms with E-state index >= 15 is 0 Å². The van der Waals surface area contributed by atoms with E-state index in [9.17, 15) is 27.6 Å². The first-order valence-electron chi connectivity index (χ1n) is 8.06. The third kappa shape index (κ3) is 7.54. The number of amides is 2. The summed E-state index contributed by atoms with van der Waals surface area (Å²) in [7, 11) is 0. The Balaban J connectivity index is 2.72. The number of carboxylic acid groups (broad SMARTS) is 1. The molecule has 0 atom stereocenters. The quantitative estimate of drug-likeness (QED) is 0.695. The molecule has 0 bridgehead atoms. The summed E-state index contributed by atoms with van der Waals surface area (Å²) in [6, 6.07) is 4.13. The van der Waals surface area contributed by atoms with Gasteiger partial charge in [0.1, 0.15) is 6.54 Å². The molecule has 0 aliphatic rings. The lowest BCUT2D eigenvalue weighted by Gasteiger charge is -2.21. The second-order valence-electron chi connectivity index (χ2n) is 5.69. The van der Waals surface area contributed by atoms with Gasteiger partial charge in [-0.2, -0.15) is 13.2 Å². The molecule has 0 radical (unpaired) electrons. The van der Waals surface area contributed by atoms with Crippen LogP contribution in [0.2, 0.25) is 0 Å². The minimum absolute atomic E-state index is 0.0814. The number of benzene rings is 1. The summed E-state index contributed by atoms with van der Waals surface area (Å²) in [4.78, 5) is 35.7. The molecule has 9 heteroatoms. The number of hydrogen-bond donors (Lipinski definition) is 2. The zero-order chi connectivity index (χ0) is 19.7. The van der Waals surface area contributed by atoms with Crippen LogP contribution in [0.4, 0.5) is 13.2 Å². The number of carbonyl (C=O) groups excluding carboxylic acids is 2. The average Bonchev–Trinajstić information content (AvgIpc) is 2.56. The maximum atomic E-state index is 12.6. The van der Waals surface area contributed by atoms with Gasteiger partial charge >= 0.3 is 12.1 Å². The van der Waals surface area contributed by atoms with Gasteiger partial charge in [-0.05, 0) is 24.1 Å². The zero-order valence-electron chi connectivity index (χ0n) is 14.3. The Bertz CT molecular complexity index is 630. The van der Waals surface area contributed by atoms with E-state index in [0.717, 1.165) is 23.5 Å². The van der Waals surface area contributed by atoms with Crippen LogP contribution in [0, 0.1) is 0 Å². The normalized spacial score (nSPS) is 11.1. The molecule has 0 aliphatic carbocycles. The highest BCUT2D eigenvalue weighted by atomic mass is 19.4. The van der Waals surface area contributed by atoms with Crippen molar-refractivity contribution in [3.05, 3.63) is 35.4 Å². The first-order chi connectivity index (χ1) is 12.1. The van der Waals surface area contributed by atoms with E-state index in [0.29, 0.717) is 12.1 Å². The first-order valence-corrected chi connectivity index (χ1v) is 8.06. The number of nitrogens with one attached hydrogen (secondary N) is 1. The lowest BCUT2D eigenvalue weighted by atomic mass is 10.1. The lowest BCUT2D eigenvalue weighted by Crippen LogP contribution is -2.36. The summed E-state index contributed by atoms with van der Waals surface area (Å²) >= 11 is 0. The van der Waals surface area contributed by atoms with E-state index in [4.69, 9.17) is 5.11 Å². The van der Waals surface area contributed by atoms with Crippen LogP contribution in [0.5, 0.6) is 0 Å². The SMILES string of the molecule is CCCNC(=O)CCC(=O)N(CC(=O)O)Cc1ccc(C(F)(F)F)cc1. The molecule has 26 heavy (non-hydrogen) atoms. The van der Waals surface area contributed by atoms with E-state index in [-0.39, 0.29) is 25.3 Å². The molecular weight excluding hydrogens is 353 g/mol. The van der Waals surface area contributed by atoms with E-state index in [1.165, 1.54) is 12.1 Å². The van der Waals surface area contributed by atoms with E-state index < -0.39 is 30.2 Å². The maximum absolute atomic E-state index is 12.6. The fraction of sp³-hybridized carbons (Fsp3) is 0.471. The number of carboxylic acids is 1. The van der Waals surface area contributed by atoms with Gasteiger partial charge < -0.3 is 15.3 Å². The van der Waals surface area contributed by atoms with Gasteiger partial charge in [0.2, 0.25) is 11.8 Å². The van der Waals surface area contributed by atoms with Crippen LogP contribution >= 0.6 is 0 Å². The van der Waals surface area contributed by atoms with Crippen molar-refractivity contribution < 1.29 is 32.7 Å². The number of nitrogens with zero attached hydrogens (tertiary/aromatic N) is 1. The van der Waals surface area contributed by atoms with Gasteiger partial charge in [0.15, 0.2) is 0 Å². The highest BCUT2D eigenvalue weighted by molar-refractivity contribution is 5.85. The second kappa shape index (κ2) is 9.79. The second-order valence-corrected chi connectivity index (χ2v) is 5.69. The van der Waals surface area contributed by atoms with Crippen LogP contribution in [0.15, 0.2) is 24.3 Å². The Morgan fingerprint density at radius 1 is 1.12 bits per heavy atom. The largest absolute Gasteiger partial charge is 0.480 e. The highest BCUT2D eigenvalue weighted by Gasteiger charge is 2.30. The number of rotatable bonds is 9. The van der Waals surface area contributed by atoms with Crippen molar-refractivity contribution in [3.63, 3.8) is 0 Å². The molecule has 2 amide bonds. The Morgan fingerprint density at radius 2 is 1.73 bits per heavy atom. The summed E-state index contributed by atoms with van der Waals surface area (Å²) in [6.45, 7) is 1.61. The molecule has 0 spiro atoms. The molecule has 1 aromatic rings. The van der Waals surface area contributed by atoms with Crippen LogP contribution < -0.4 is 5.32 Å². The molecule has 1 aromatic carbocycles. The Kier molecular flexibility index (Phi) is 8.08. The first kappa shape index (κ1) is 21.5. The van der Waals surface area contributed by atoms with Crippen molar-refractivity contribution in [2.45, 2.75) is 38.9 Å². The molecule has 0 aliphatic heterocycles. The van der Waals surface area contributed by atoms with Gasteiger partial charge in [0.25, 0.3) is 0 Å². The van der Waals surface area contributed by atoms with Crippen molar-refractivity contribution in [1.82, 2.24) is 10.2 Å². The molecule has 0 aromatic heterocycles. The molecule has 0 saturated heterocycles. The molecular formula is C17H21F3N2O4. The number of halogens is 3. The van der Waals surface area contributed by atoms with Gasteiger partial charge in [0, 0.05) is 25.9 Å². The number of hydrogen-bond acceptors (Lipinski definition) is 3.